The quantitative estimate of drug-likeness (QED) is 0.671. The number of hydrogen-bond acceptors (Lipinski definition) is 5. The average molecular weight is 213 g/mol. The van der Waals surface area contributed by atoms with Crippen molar-refractivity contribution >= 4 is 11.6 Å². The third-order valence-corrected chi connectivity index (χ3v) is 1.77. The van der Waals surface area contributed by atoms with Crippen molar-refractivity contribution in [1.29, 1.82) is 0 Å². The summed E-state index contributed by atoms with van der Waals surface area (Å²) < 4.78 is 5.86. The maximum Gasteiger partial charge on any atom is 0.255 e. The molecule has 0 N–H and O–H groups in total. The third-order valence-electron chi connectivity index (χ3n) is 1.56. The number of hydrogen-bond donors (Lipinski definition) is 0. The van der Waals surface area contributed by atoms with Gasteiger partial charge in [-0.1, -0.05) is 16.8 Å². The second-order valence-corrected chi connectivity index (χ2v) is 2.91. The highest BCUT2D eigenvalue weighted by molar-refractivity contribution is 6.29. The van der Waals surface area contributed by atoms with E-state index >= 15 is 0 Å². The molecule has 0 aliphatic heterocycles. The Morgan fingerprint density at radius 3 is 3.00 bits per heavy atom. The summed E-state index contributed by atoms with van der Waals surface area (Å²) in [5.74, 6) is 0.413. The van der Waals surface area contributed by atoms with E-state index in [4.69, 9.17) is 11.6 Å². The molecule has 0 aliphatic rings. The fourth-order valence-corrected chi connectivity index (χ4v) is 1.07. The van der Waals surface area contributed by atoms with Gasteiger partial charge in [0, 0.05) is 6.07 Å². The van der Waals surface area contributed by atoms with E-state index in [0.29, 0.717) is 5.82 Å². The lowest BCUT2D eigenvalue weighted by Gasteiger charge is -1.99. The molecule has 7 heteroatoms. The summed E-state index contributed by atoms with van der Waals surface area (Å²) in [6.07, 6.45) is 2.53. The van der Waals surface area contributed by atoms with Gasteiger partial charge in [0.15, 0.2) is 5.82 Å². The molecule has 0 unspecified atom stereocenters. The van der Waals surface area contributed by atoms with Crippen molar-refractivity contribution in [2.75, 3.05) is 0 Å². The van der Waals surface area contributed by atoms with E-state index < -0.39 is 0 Å². The van der Waals surface area contributed by atoms with Crippen LogP contribution in [0.1, 0.15) is 5.82 Å². The molecule has 0 aromatic carbocycles. The van der Waals surface area contributed by atoms with Gasteiger partial charge in [0.1, 0.15) is 5.15 Å². The minimum absolute atomic E-state index is 0.166. The maximum absolute atomic E-state index is 11.3. The number of aromatic nitrogens is 4. The molecule has 0 atom stereocenters. The van der Waals surface area contributed by atoms with Crippen LogP contribution in [0.5, 0.6) is 0 Å². The van der Waals surface area contributed by atoms with E-state index in [0.717, 1.165) is 0 Å². The van der Waals surface area contributed by atoms with E-state index in [1.54, 1.807) is 0 Å². The Morgan fingerprint density at radius 2 is 2.36 bits per heavy atom. The fourth-order valence-electron chi connectivity index (χ4n) is 0.937. The van der Waals surface area contributed by atoms with Crippen LogP contribution in [0.25, 0.3) is 0 Å². The summed E-state index contributed by atoms with van der Waals surface area (Å²) in [6.45, 7) is 0.222. The van der Waals surface area contributed by atoms with Gasteiger partial charge < -0.3 is 4.52 Å². The molecule has 0 bridgehead atoms. The monoisotopic (exact) mass is 212 g/mol. The Kier molecular flexibility index (Phi) is 2.28. The Morgan fingerprint density at radius 1 is 1.50 bits per heavy atom. The van der Waals surface area contributed by atoms with Crippen LogP contribution in [0.3, 0.4) is 0 Å². The van der Waals surface area contributed by atoms with Gasteiger partial charge in [0.25, 0.3) is 5.56 Å². The molecule has 2 aromatic heterocycles. The molecule has 2 heterocycles. The van der Waals surface area contributed by atoms with Crippen LogP contribution in [0.2, 0.25) is 5.15 Å². The molecule has 6 nitrogen and oxygen atoms in total. The number of halogens is 1. The second-order valence-electron chi connectivity index (χ2n) is 2.53. The summed E-state index contributed by atoms with van der Waals surface area (Å²) in [5, 5.41) is 3.73. The molecule has 0 saturated carbocycles. The first-order chi connectivity index (χ1) is 6.75. The lowest BCUT2D eigenvalue weighted by Crippen LogP contribution is -2.20. The zero-order chi connectivity index (χ0) is 9.97. The first-order valence-electron chi connectivity index (χ1n) is 3.73. The molecule has 0 spiro atoms. The summed E-state index contributed by atoms with van der Waals surface area (Å²) >= 11 is 5.52. The smallest absolute Gasteiger partial charge is 0.255 e. The predicted octanol–water partition coefficient (Wildman–Crippen LogP) is 0.328. The van der Waals surface area contributed by atoms with Crippen molar-refractivity contribution < 1.29 is 4.52 Å². The van der Waals surface area contributed by atoms with E-state index in [9.17, 15) is 4.79 Å². The van der Waals surface area contributed by atoms with Crippen LogP contribution in [0, 0.1) is 0 Å². The van der Waals surface area contributed by atoms with Crippen LogP contribution in [-0.4, -0.2) is 19.7 Å². The Bertz CT molecular complexity index is 479. The Labute approximate surface area is 83.2 Å². The van der Waals surface area contributed by atoms with Crippen LogP contribution < -0.4 is 5.56 Å². The molecule has 2 aromatic rings. The summed E-state index contributed by atoms with van der Waals surface area (Å²) in [6, 6.07) is 1.22. The summed E-state index contributed by atoms with van der Waals surface area (Å²) in [4.78, 5) is 18.9. The van der Waals surface area contributed by atoms with Crippen LogP contribution in [0.15, 0.2) is 28.1 Å². The van der Waals surface area contributed by atoms with Crippen molar-refractivity contribution in [2.45, 2.75) is 6.54 Å². The number of rotatable bonds is 2. The van der Waals surface area contributed by atoms with Crippen molar-refractivity contribution in [3.63, 3.8) is 0 Å². The minimum atomic E-state index is -0.255. The van der Waals surface area contributed by atoms with E-state index in [1.165, 1.54) is 23.4 Å². The topological polar surface area (TPSA) is 73.8 Å². The van der Waals surface area contributed by atoms with Crippen molar-refractivity contribution in [3.8, 4) is 0 Å². The lowest BCUT2D eigenvalue weighted by molar-refractivity contribution is 0.407. The summed E-state index contributed by atoms with van der Waals surface area (Å²) in [5.41, 5.74) is -0.255. The molecular weight excluding hydrogens is 208 g/mol. The van der Waals surface area contributed by atoms with Crippen LogP contribution >= 0.6 is 11.6 Å². The fraction of sp³-hybridized carbons (Fsp3) is 0.143. The van der Waals surface area contributed by atoms with E-state index in [-0.39, 0.29) is 17.3 Å². The summed E-state index contributed by atoms with van der Waals surface area (Å²) in [7, 11) is 0. The molecule has 72 valence electrons. The van der Waals surface area contributed by atoms with Crippen molar-refractivity contribution in [2.24, 2.45) is 0 Å². The molecule has 0 fully saturated rings. The lowest BCUT2D eigenvalue weighted by atomic mass is 10.5. The average Bonchev–Trinajstić information content (AvgIpc) is 2.62. The highest BCUT2D eigenvalue weighted by atomic mass is 35.5. The van der Waals surface area contributed by atoms with Gasteiger partial charge in [0.05, 0.1) is 12.9 Å². The molecule has 14 heavy (non-hydrogen) atoms. The van der Waals surface area contributed by atoms with Gasteiger partial charge in [0.2, 0.25) is 6.39 Å². The van der Waals surface area contributed by atoms with Crippen LogP contribution in [0.4, 0.5) is 0 Å². The molecule has 2 rings (SSSR count). The number of nitrogens with zero attached hydrogens (tertiary/aromatic N) is 4. The molecule has 0 saturated heterocycles. The molecule has 0 aliphatic carbocycles. The van der Waals surface area contributed by atoms with E-state index in [1.807, 2.05) is 0 Å². The second kappa shape index (κ2) is 3.59. The maximum atomic E-state index is 11.3. The normalized spacial score (nSPS) is 10.4. The molecular formula is C7H5ClN4O2. The first kappa shape index (κ1) is 8.89. The largest absolute Gasteiger partial charge is 0.343 e. The van der Waals surface area contributed by atoms with Gasteiger partial charge >= 0.3 is 0 Å². The Balaban J connectivity index is 2.30. The molecule has 0 amide bonds. The first-order valence-corrected chi connectivity index (χ1v) is 4.11. The SMILES string of the molecule is O=c1cc(Cl)ncn1Cc1ncon1. The Hall–Kier alpha value is -1.69. The third kappa shape index (κ3) is 1.80. The van der Waals surface area contributed by atoms with Gasteiger partial charge in [-0.3, -0.25) is 9.36 Å². The predicted molar refractivity (Wildman–Crippen MR) is 46.9 cm³/mol. The minimum Gasteiger partial charge on any atom is -0.343 e. The standard InChI is InChI=1S/C7H5ClN4O2/c8-5-1-7(13)12(3-9-5)2-6-10-4-14-11-6/h1,3-4H,2H2. The molecule has 0 radical (unpaired) electrons. The van der Waals surface area contributed by atoms with Crippen LogP contribution in [-0.2, 0) is 6.54 Å². The van der Waals surface area contributed by atoms with Crippen molar-refractivity contribution in [1.82, 2.24) is 19.7 Å². The van der Waals surface area contributed by atoms with Gasteiger partial charge in [-0.15, -0.1) is 0 Å². The highest BCUT2D eigenvalue weighted by Gasteiger charge is 2.02. The van der Waals surface area contributed by atoms with Crippen molar-refractivity contribution in [3.05, 3.63) is 40.1 Å². The zero-order valence-corrected chi connectivity index (χ0v) is 7.68. The van der Waals surface area contributed by atoms with Gasteiger partial charge in [-0.05, 0) is 0 Å². The van der Waals surface area contributed by atoms with E-state index in [2.05, 4.69) is 19.6 Å². The van der Waals surface area contributed by atoms with Gasteiger partial charge in [-0.25, -0.2) is 4.98 Å². The van der Waals surface area contributed by atoms with Gasteiger partial charge in [-0.2, -0.15) is 4.98 Å². The zero-order valence-electron chi connectivity index (χ0n) is 6.92. The highest BCUT2D eigenvalue weighted by Crippen LogP contribution is 1.97.